The molecule has 0 aliphatic rings. The lowest BCUT2D eigenvalue weighted by atomic mass is 10.2. The van der Waals surface area contributed by atoms with Crippen LogP contribution in [0.1, 0.15) is 22.8 Å². The zero-order chi connectivity index (χ0) is 18.2. The average Bonchev–Trinajstić information content (AvgIpc) is 2.62. The number of ether oxygens (including phenoxy) is 3. The number of methoxy groups -OCH3 is 2. The minimum Gasteiger partial charge on any atom is -0.497 e. The van der Waals surface area contributed by atoms with Crippen LogP contribution < -0.4 is 19.6 Å². The smallest absolute Gasteiger partial charge is 0.308 e. The van der Waals surface area contributed by atoms with E-state index in [0.29, 0.717) is 28.4 Å². The number of carbonyl (C=O) groups is 2. The van der Waals surface area contributed by atoms with Gasteiger partial charge < -0.3 is 14.2 Å². The first-order chi connectivity index (χ1) is 12.0. The highest BCUT2D eigenvalue weighted by molar-refractivity contribution is 5.95. The van der Waals surface area contributed by atoms with Gasteiger partial charge in [0.2, 0.25) is 0 Å². The molecule has 0 spiro atoms. The number of benzene rings is 2. The summed E-state index contributed by atoms with van der Waals surface area (Å²) >= 11 is 0. The summed E-state index contributed by atoms with van der Waals surface area (Å²) in [6.07, 6.45) is 1.46. The van der Waals surface area contributed by atoms with Crippen LogP contribution in [0, 0.1) is 0 Å². The largest absolute Gasteiger partial charge is 0.497 e. The van der Waals surface area contributed by atoms with Crippen LogP contribution in [0.15, 0.2) is 47.6 Å². The molecule has 0 aliphatic heterocycles. The van der Waals surface area contributed by atoms with Crippen molar-refractivity contribution >= 4 is 18.1 Å². The van der Waals surface area contributed by atoms with Gasteiger partial charge >= 0.3 is 5.97 Å². The molecule has 0 unspecified atom stereocenters. The molecule has 0 fully saturated rings. The lowest BCUT2D eigenvalue weighted by Gasteiger charge is -2.08. The van der Waals surface area contributed by atoms with Crippen LogP contribution in [-0.2, 0) is 4.79 Å². The molecule has 1 N–H and O–H groups in total. The first-order valence-corrected chi connectivity index (χ1v) is 7.37. The second-order valence-corrected chi connectivity index (χ2v) is 4.93. The van der Waals surface area contributed by atoms with Gasteiger partial charge in [0.15, 0.2) is 11.5 Å². The molecule has 2 aromatic carbocycles. The summed E-state index contributed by atoms with van der Waals surface area (Å²) in [6, 6.07) is 11.6. The molecule has 0 heterocycles. The van der Waals surface area contributed by atoms with Gasteiger partial charge in [-0.2, -0.15) is 5.10 Å². The van der Waals surface area contributed by atoms with Gasteiger partial charge in [0.1, 0.15) is 5.75 Å². The highest BCUT2D eigenvalue weighted by Gasteiger charge is 2.08. The molecule has 0 atom stereocenters. The van der Waals surface area contributed by atoms with E-state index in [2.05, 4.69) is 10.5 Å². The molecule has 0 aliphatic carbocycles. The van der Waals surface area contributed by atoms with Gasteiger partial charge in [0.05, 0.1) is 20.4 Å². The molecule has 0 saturated carbocycles. The molecule has 2 rings (SSSR count). The molecular weight excluding hydrogens is 324 g/mol. The van der Waals surface area contributed by atoms with Crippen LogP contribution in [0.25, 0.3) is 0 Å². The van der Waals surface area contributed by atoms with Crippen LogP contribution in [0.5, 0.6) is 17.2 Å². The molecule has 0 saturated heterocycles. The molecule has 1 amide bonds. The van der Waals surface area contributed by atoms with Gasteiger partial charge in [0.25, 0.3) is 5.91 Å². The number of nitrogens with one attached hydrogen (secondary N) is 1. The predicted molar refractivity (Wildman–Crippen MR) is 92.4 cm³/mol. The zero-order valence-electron chi connectivity index (χ0n) is 14.1. The number of esters is 1. The molecule has 130 valence electrons. The van der Waals surface area contributed by atoms with Gasteiger partial charge in [-0.25, -0.2) is 5.43 Å². The lowest BCUT2D eigenvalue weighted by Crippen LogP contribution is -2.17. The Labute approximate surface area is 145 Å². The van der Waals surface area contributed by atoms with Crippen molar-refractivity contribution in [2.45, 2.75) is 6.92 Å². The van der Waals surface area contributed by atoms with Crippen LogP contribution in [0.3, 0.4) is 0 Å². The van der Waals surface area contributed by atoms with E-state index in [0.717, 1.165) is 0 Å². The number of hydrazone groups is 1. The maximum absolute atomic E-state index is 12.0. The summed E-state index contributed by atoms with van der Waals surface area (Å²) in [5.74, 6) is 0.587. The van der Waals surface area contributed by atoms with E-state index in [1.807, 2.05) is 0 Å². The molecular formula is C18H18N2O5. The second kappa shape index (κ2) is 8.49. The maximum atomic E-state index is 12.0. The third-order valence-corrected chi connectivity index (χ3v) is 3.17. The number of nitrogens with zero attached hydrogens (tertiary/aromatic N) is 1. The van der Waals surface area contributed by atoms with E-state index in [1.165, 1.54) is 20.2 Å². The SMILES string of the molecule is COc1ccc(C(=O)NN=Cc2ccc(OC(C)=O)c(OC)c2)cc1. The lowest BCUT2D eigenvalue weighted by molar-refractivity contribution is -0.132. The Morgan fingerprint density at radius 1 is 1.00 bits per heavy atom. The molecule has 25 heavy (non-hydrogen) atoms. The molecule has 2 aromatic rings. The minimum atomic E-state index is -0.438. The average molecular weight is 342 g/mol. The van der Waals surface area contributed by atoms with E-state index in [4.69, 9.17) is 14.2 Å². The van der Waals surface area contributed by atoms with Crippen molar-refractivity contribution in [1.82, 2.24) is 5.43 Å². The monoisotopic (exact) mass is 342 g/mol. The summed E-state index contributed by atoms with van der Waals surface area (Å²) in [6.45, 7) is 1.31. The van der Waals surface area contributed by atoms with Crippen molar-refractivity contribution < 1.29 is 23.8 Å². The van der Waals surface area contributed by atoms with Crippen LogP contribution >= 0.6 is 0 Å². The molecule has 7 nitrogen and oxygen atoms in total. The summed E-state index contributed by atoms with van der Waals surface area (Å²) in [5.41, 5.74) is 3.56. The Hall–Kier alpha value is -3.35. The molecule has 7 heteroatoms. The third kappa shape index (κ3) is 5.07. The van der Waals surface area contributed by atoms with Crippen molar-refractivity contribution in [2.24, 2.45) is 5.10 Å². The van der Waals surface area contributed by atoms with E-state index in [-0.39, 0.29) is 5.91 Å². The number of rotatable bonds is 6. The van der Waals surface area contributed by atoms with Gasteiger partial charge in [0, 0.05) is 12.5 Å². The quantitative estimate of drug-likeness (QED) is 0.377. The van der Waals surface area contributed by atoms with Crippen molar-refractivity contribution in [3.8, 4) is 17.2 Å². The van der Waals surface area contributed by atoms with E-state index < -0.39 is 5.97 Å². The van der Waals surface area contributed by atoms with E-state index in [1.54, 1.807) is 49.6 Å². The van der Waals surface area contributed by atoms with Crippen LogP contribution in [0.2, 0.25) is 0 Å². The van der Waals surface area contributed by atoms with E-state index in [9.17, 15) is 9.59 Å². The second-order valence-electron chi connectivity index (χ2n) is 4.93. The van der Waals surface area contributed by atoms with Gasteiger partial charge in [-0.3, -0.25) is 9.59 Å². The molecule has 0 aromatic heterocycles. The highest BCUT2D eigenvalue weighted by atomic mass is 16.6. The standard InChI is InChI=1S/C18H18N2O5/c1-12(21)25-16-9-4-13(10-17(16)24-3)11-19-20-18(22)14-5-7-15(23-2)8-6-14/h4-11H,1-3H3,(H,20,22). The fraction of sp³-hybridized carbons (Fsp3) is 0.167. The third-order valence-electron chi connectivity index (χ3n) is 3.17. The van der Waals surface area contributed by atoms with Gasteiger partial charge in [-0.1, -0.05) is 0 Å². The fourth-order valence-electron chi connectivity index (χ4n) is 1.98. The van der Waals surface area contributed by atoms with Crippen LogP contribution in [-0.4, -0.2) is 32.3 Å². The summed E-state index contributed by atoms with van der Waals surface area (Å²) in [5, 5.41) is 3.91. The fourth-order valence-corrected chi connectivity index (χ4v) is 1.98. The maximum Gasteiger partial charge on any atom is 0.308 e. The normalized spacial score (nSPS) is 10.4. The predicted octanol–water partition coefficient (Wildman–Crippen LogP) is 2.39. The van der Waals surface area contributed by atoms with Crippen molar-refractivity contribution in [3.63, 3.8) is 0 Å². The number of amides is 1. The summed E-state index contributed by atoms with van der Waals surface area (Å²) < 4.78 is 15.2. The summed E-state index contributed by atoms with van der Waals surface area (Å²) in [4.78, 5) is 23.0. The first kappa shape index (κ1) is 18.0. The molecule has 0 radical (unpaired) electrons. The highest BCUT2D eigenvalue weighted by Crippen LogP contribution is 2.27. The number of carbonyl (C=O) groups excluding carboxylic acids is 2. The van der Waals surface area contributed by atoms with Crippen LogP contribution in [0.4, 0.5) is 0 Å². The van der Waals surface area contributed by atoms with Crippen molar-refractivity contribution in [3.05, 3.63) is 53.6 Å². The Balaban J connectivity index is 2.03. The first-order valence-electron chi connectivity index (χ1n) is 7.37. The molecule has 0 bridgehead atoms. The minimum absolute atomic E-state index is 0.314. The Morgan fingerprint density at radius 3 is 2.32 bits per heavy atom. The Bertz CT molecular complexity index is 785. The van der Waals surface area contributed by atoms with Gasteiger partial charge in [-0.15, -0.1) is 0 Å². The topological polar surface area (TPSA) is 86.2 Å². The zero-order valence-corrected chi connectivity index (χ0v) is 14.1. The van der Waals surface area contributed by atoms with Gasteiger partial charge in [-0.05, 0) is 48.0 Å². The van der Waals surface area contributed by atoms with E-state index >= 15 is 0 Å². The Kier molecular flexibility index (Phi) is 6.11. The Morgan fingerprint density at radius 2 is 1.72 bits per heavy atom. The summed E-state index contributed by atoms with van der Waals surface area (Å²) in [7, 11) is 3.02. The number of hydrogen-bond acceptors (Lipinski definition) is 6. The number of hydrogen-bond donors (Lipinski definition) is 1. The van der Waals surface area contributed by atoms with Crippen molar-refractivity contribution in [2.75, 3.05) is 14.2 Å². The van der Waals surface area contributed by atoms with Crippen molar-refractivity contribution in [1.29, 1.82) is 0 Å².